The van der Waals surface area contributed by atoms with Crippen molar-refractivity contribution >= 4 is 11.7 Å². The highest BCUT2D eigenvalue weighted by Crippen LogP contribution is 2.34. The highest BCUT2D eigenvalue weighted by molar-refractivity contribution is 5.89. The first-order chi connectivity index (χ1) is 9.22. The van der Waals surface area contributed by atoms with Crippen LogP contribution in [0.4, 0.5) is 10.5 Å². The van der Waals surface area contributed by atoms with Crippen LogP contribution in [0.25, 0.3) is 0 Å². The molecule has 0 aliphatic carbocycles. The number of hydrogen-bond donors (Lipinski definition) is 1. The third kappa shape index (κ3) is 2.59. The second-order valence-electron chi connectivity index (χ2n) is 5.17. The largest absolute Gasteiger partial charge is 0.454 e. The number of nitrogens with one attached hydrogen (secondary N) is 1. The number of carbonyl (C=O) groups excluding carboxylic acids is 1. The minimum atomic E-state index is -0.0363. The highest BCUT2D eigenvalue weighted by atomic mass is 16.7. The summed E-state index contributed by atoms with van der Waals surface area (Å²) in [6.07, 6.45) is 2.16. The molecule has 3 rings (SSSR count). The molecule has 1 saturated heterocycles. The zero-order chi connectivity index (χ0) is 13.2. The monoisotopic (exact) mass is 262 g/mol. The minimum absolute atomic E-state index is 0.0363. The molecule has 19 heavy (non-hydrogen) atoms. The molecule has 1 fully saturated rings. The summed E-state index contributed by atoms with van der Waals surface area (Å²) in [5.41, 5.74) is 0.743. The Morgan fingerprint density at radius 3 is 2.79 bits per heavy atom. The average molecular weight is 262 g/mol. The summed E-state index contributed by atoms with van der Waals surface area (Å²) in [6, 6.07) is 5.41. The summed E-state index contributed by atoms with van der Waals surface area (Å²) < 4.78 is 10.5. The number of amides is 2. The number of urea groups is 1. The van der Waals surface area contributed by atoms with E-state index in [1.807, 2.05) is 17.0 Å². The van der Waals surface area contributed by atoms with Gasteiger partial charge in [-0.05, 0) is 30.9 Å². The van der Waals surface area contributed by atoms with Crippen LogP contribution in [0.3, 0.4) is 0 Å². The van der Waals surface area contributed by atoms with Crippen molar-refractivity contribution in [2.24, 2.45) is 5.92 Å². The van der Waals surface area contributed by atoms with Crippen LogP contribution in [-0.2, 0) is 0 Å². The van der Waals surface area contributed by atoms with Gasteiger partial charge in [-0.25, -0.2) is 4.79 Å². The summed E-state index contributed by atoms with van der Waals surface area (Å²) in [6.45, 7) is 4.14. The number of ether oxygens (including phenoxy) is 2. The number of hydrogen-bond acceptors (Lipinski definition) is 3. The topological polar surface area (TPSA) is 50.8 Å². The van der Waals surface area contributed by atoms with Crippen LogP contribution in [0.2, 0.25) is 0 Å². The number of carbonyl (C=O) groups is 1. The molecule has 0 unspecified atom stereocenters. The fourth-order valence-corrected chi connectivity index (χ4v) is 2.39. The van der Waals surface area contributed by atoms with Gasteiger partial charge in [-0.2, -0.15) is 0 Å². The summed E-state index contributed by atoms with van der Waals surface area (Å²) in [7, 11) is 0. The van der Waals surface area contributed by atoms with Crippen LogP contribution in [0.1, 0.15) is 19.8 Å². The quantitative estimate of drug-likeness (QED) is 0.846. The Hall–Kier alpha value is -1.91. The van der Waals surface area contributed by atoms with Crippen molar-refractivity contribution in [3.05, 3.63) is 18.2 Å². The predicted molar refractivity (Wildman–Crippen MR) is 71.6 cm³/mol. The average Bonchev–Trinajstić information content (AvgIpc) is 2.87. The third-order valence-electron chi connectivity index (χ3n) is 3.69. The molecule has 0 saturated carbocycles. The molecule has 1 N–H and O–H groups in total. The normalized spacial score (nSPS) is 18.5. The number of piperidine rings is 1. The summed E-state index contributed by atoms with van der Waals surface area (Å²) in [5.74, 6) is 2.13. The van der Waals surface area contributed by atoms with Crippen LogP contribution in [0.15, 0.2) is 18.2 Å². The molecule has 0 spiro atoms. The van der Waals surface area contributed by atoms with E-state index in [4.69, 9.17) is 9.47 Å². The molecule has 1 aromatic rings. The van der Waals surface area contributed by atoms with Crippen LogP contribution in [-0.4, -0.2) is 30.8 Å². The second-order valence-corrected chi connectivity index (χ2v) is 5.17. The Balaban J connectivity index is 1.63. The fraction of sp³-hybridized carbons (Fsp3) is 0.500. The second kappa shape index (κ2) is 4.99. The lowest BCUT2D eigenvalue weighted by Gasteiger charge is -2.30. The van der Waals surface area contributed by atoms with Crippen molar-refractivity contribution in [2.75, 3.05) is 25.2 Å². The standard InChI is InChI=1S/C14H18N2O3/c1-10-4-6-16(7-5-10)14(17)15-11-2-3-12-13(8-11)19-9-18-12/h2-3,8,10H,4-7,9H2,1H3,(H,15,17). The predicted octanol–water partition coefficient (Wildman–Crippen LogP) is 2.68. The molecular weight excluding hydrogens is 244 g/mol. The van der Waals surface area contributed by atoms with Crippen molar-refractivity contribution in [1.82, 2.24) is 4.90 Å². The van der Waals surface area contributed by atoms with E-state index in [0.717, 1.165) is 43.3 Å². The molecule has 2 aliphatic heterocycles. The summed E-state index contributed by atoms with van der Waals surface area (Å²) in [4.78, 5) is 14.0. The van der Waals surface area contributed by atoms with Crippen LogP contribution in [0, 0.1) is 5.92 Å². The molecule has 2 heterocycles. The molecule has 5 nitrogen and oxygen atoms in total. The number of fused-ring (bicyclic) bond motifs is 1. The molecular formula is C14H18N2O3. The fourth-order valence-electron chi connectivity index (χ4n) is 2.39. The van der Waals surface area contributed by atoms with Crippen molar-refractivity contribution in [1.29, 1.82) is 0 Å². The Morgan fingerprint density at radius 2 is 2.00 bits per heavy atom. The maximum Gasteiger partial charge on any atom is 0.321 e. The van der Waals surface area contributed by atoms with Gasteiger partial charge in [-0.15, -0.1) is 0 Å². The van der Waals surface area contributed by atoms with Gasteiger partial charge in [0.2, 0.25) is 6.79 Å². The summed E-state index contributed by atoms with van der Waals surface area (Å²) in [5, 5.41) is 2.91. The van der Waals surface area contributed by atoms with E-state index in [9.17, 15) is 4.79 Å². The van der Waals surface area contributed by atoms with E-state index in [1.54, 1.807) is 6.07 Å². The number of benzene rings is 1. The van der Waals surface area contributed by atoms with E-state index in [0.29, 0.717) is 5.75 Å². The SMILES string of the molecule is CC1CCN(C(=O)Nc2ccc3c(c2)OCO3)CC1. The van der Waals surface area contributed by atoms with Crippen LogP contribution < -0.4 is 14.8 Å². The lowest BCUT2D eigenvalue weighted by Crippen LogP contribution is -2.40. The maximum absolute atomic E-state index is 12.1. The molecule has 102 valence electrons. The Morgan fingerprint density at radius 1 is 1.26 bits per heavy atom. The Kier molecular flexibility index (Phi) is 3.19. The lowest BCUT2D eigenvalue weighted by molar-refractivity contribution is 0.174. The number of anilines is 1. The van der Waals surface area contributed by atoms with Gasteiger partial charge in [0.15, 0.2) is 11.5 Å². The Bertz CT molecular complexity index is 482. The zero-order valence-corrected chi connectivity index (χ0v) is 11.0. The number of nitrogens with zero attached hydrogens (tertiary/aromatic N) is 1. The molecule has 0 atom stereocenters. The lowest BCUT2D eigenvalue weighted by atomic mass is 10.00. The van der Waals surface area contributed by atoms with Crippen LogP contribution in [0.5, 0.6) is 11.5 Å². The third-order valence-corrected chi connectivity index (χ3v) is 3.69. The highest BCUT2D eigenvalue weighted by Gasteiger charge is 2.21. The van der Waals surface area contributed by atoms with E-state index in [2.05, 4.69) is 12.2 Å². The molecule has 2 aliphatic rings. The van der Waals surface area contributed by atoms with Gasteiger partial charge in [-0.3, -0.25) is 0 Å². The first-order valence-corrected chi connectivity index (χ1v) is 6.68. The van der Waals surface area contributed by atoms with E-state index >= 15 is 0 Å². The molecule has 0 aromatic heterocycles. The van der Waals surface area contributed by atoms with E-state index in [1.165, 1.54) is 0 Å². The minimum Gasteiger partial charge on any atom is -0.454 e. The Labute approximate surface area is 112 Å². The zero-order valence-electron chi connectivity index (χ0n) is 11.0. The first kappa shape index (κ1) is 12.1. The van der Waals surface area contributed by atoms with Gasteiger partial charge >= 0.3 is 6.03 Å². The molecule has 1 aromatic carbocycles. The van der Waals surface area contributed by atoms with Crippen molar-refractivity contribution < 1.29 is 14.3 Å². The van der Waals surface area contributed by atoms with E-state index in [-0.39, 0.29) is 12.8 Å². The summed E-state index contributed by atoms with van der Waals surface area (Å²) >= 11 is 0. The van der Waals surface area contributed by atoms with Gasteiger partial charge in [-0.1, -0.05) is 6.92 Å². The van der Waals surface area contributed by atoms with Gasteiger partial charge in [0.25, 0.3) is 0 Å². The van der Waals surface area contributed by atoms with Gasteiger partial charge in [0.1, 0.15) is 0 Å². The molecule has 0 bridgehead atoms. The maximum atomic E-state index is 12.1. The number of rotatable bonds is 1. The molecule has 0 radical (unpaired) electrons. The molecule has 2 amide bonds. The van der Waals surface area contributed by atoms with Crippen LogP contribution >= 0.6 is 0 Å². The van der Waals surface area contributed by atoms with Crippen molar-refractivity contribution in [2.45, 2.75) is 19.8 Å². The van der Waals surface area contributed by atoms with Crippen molar-refractivity contribution in [3.63, 3.8) is 0 Å². The van der Waals surface area contributed by atoms with Gasteiger partial charge in [0.05, 0.1) is 0 Å². The smallest absolute Gasteiger partial charge is 0.321 e. The van der Waals surface area contributed by atoms with Crippen molar-refractivity contribution in [3.8, 4) is 11.5 Å². The van der Waals surface area contributed by atoms with Gasteiger partial charge < -0.3 is 19.7 Å². The first-order valence-electron chi connectivity index (χ1n) is 6.68. The number of likely N-dealkylation sites (tertiary alicyclic amines) is 1. The van der Waals surface area contributed by atoms with E-state index < -0.39 is 0 Å². The molecule has 5 heteroatoms. The van der Waals surface area contributed by atoms with Gasteiger partial charge in [0, 0.05) is 24.8 Å².